The number of nitrogens with zero attached hydrogens (tertiary/aromatic N) is 3. The smallest absolute Gasteiger partial charge is 0.257 e. The number of amides is 1. The van der Waals surface area contributed by atoms with Crippen molar-refractivity contribution in [3.63, 3.8) is 0 Å². The molecule has 1 aromatic heterocycles. The number of rotatable bonds is 2. The maximum Gasteiger partial charge on any atom is 0.257 e. The number of hydrogen-bond donors (Lipinski definition) is 1. The SMILES string of the molecule is Cn1cc(C(=O)N2CCOc3ccccc3C2CO)cn1. The predicted octanol–water partition coefficient (Wildman–Crippen LogP) is 0.988. The largest absolute Gasteiger partial charge is 0.491 e. The van der Waals surface area contributed by atoms with Gasteiger partial charge in [0.15, 0.2) is 0 Å². The number of fused-ring (bicyclic) bond motifs is 1. The molecule has 21 heavy (non-hydrogen) atoms. The third-order valence-corrected chi connectivity index (χ3v) is 3.63. The highest BCUT2D eigenvalue weighted by Gasteiger charge is 2.30. The molecule has 2 aromatic rings. The Balaban J connectivity index is 1.96. The second-order valence-corrected chi connectivity index (χ2v) is 4.99. The van der Waals surface area contributed by atoms with E-state index in [1.165, 1.54) is 6.20 Å². The van der Waals surface area contributed by atoms with Gasteiger partial charge in [0, 0.05) is 18.8 Å². The Hall–Kier alpha value is -2.34. The minimum atomic E-state index is -0.406. The number of hydrogen-bond acceptors (Lipinski definition) is 4. The van der Waals surface area contributed by atoms with Crippen LogP contribution < -0.4 is 4.74 Å². The second kappa shape index (κ2) is 5.57. The van der Waals surface area contributed by atoms with Gasteiger partial charge in [-0.15, -0.1) is 0 Å². The van der Waals surface area contributed by atoms with Crippen molar-refractivity contribution in [1.82, 2.24) is 14.7 Å². The summed E-state index contributed by atoms with van der Waals surface area (Å²) in [6.45, 7) is 0.680. The zero-order valence-electron chi connectivity index (χ0n) is 11.8. The lowest BCUT2D eigenvalue weighted by molar-refractivity contribution is 0.0585. The van der Waals surface area contributed by atoms with Crippen molar-refractivity contribution >= 4 is 5.91 Å². The van der Waals surface area contributed by atoms with Gasteiger partial charge in [-0.1, -0.05) is 18.2 Å². The first-order valence-electron chi connectivity index (χ1n) is 6.83. The van der Waals surface area contributed by atoms with E-state index < -0.39 is 6.04 Å². The van der Waals surface area contributed by atoms with Crippen LogP contribution >= 0.6 is 0 Å². The molecule has 110 valence electrons. The fraction of sp³-hybridized carbons (Fsp3) is 0.333. The summed E-state index contributed by atoms with van der Waals surface area (Å²) in [5, 5.41) is 13.8. The number of aromatic nitrogens is 2. The van der Waals surface area contributed by atoms with E-state index in [1.54, 1.807) is 22.8 Å². The van der Waals surface area contributed by atoms with Gasteiger partial charge >= 0.3 is 0 Å². The van der Waals surface area contributed by atoms with Gasteiger partial charge in [0.1, 0.15) is 12.4 Å². The maximum atomic E-state index is 12.7. The zero-order chi connectivity index (χ0) is 14.8. The summed E-state index contributed by atoms with van der Waals surface area (Å²) in [4.78, 5) is 14.3. The molecule has 6 nitrogen and oxygen atoms in total. The van der Waals surface area contributed by atoms with Gasteiger partial charge in [-0.25, -0.2) is 0 Å². The molecule has 0 saturated heterocycles. The molecule has 0 aliphatic carbocycles. The molecule has 0 spiro atoms. The highest BCUT2D eigenvalue weighted by atomic mass is 16.5. The van der Waals surface area contributed by atoms with Crippen LogP contribution in [0.1, 0.15) is 22.0 Å². The van der Waals surface area contributed by atoms with Gasteiger partial charge < -0.3 is 14.7 Å². The van der Waals surface area contributed by atoms with E-state index in [4.69, 9.17) is 4.74 Å². The number of carbonyl (C=O) groups excluding carboxylic acids is 1. The Kier molecular flexibility index (Phi) is 3.62. The molecule has 1 unspecified atom stereocenters. The van der Waals surface area contributed by atoms with Crippen LogP contribution in [-0.2, 0) is 7.05 Å². The van der Waals surface area contributed by atoms with Crippen molar-refractivity contribution in [2.24, 2.45) is 7.05 Å². The van der Waals surface area contributed by atoms with E-state index in [-0.39, 0.29) is 12.5 Å². The van der Waals surface area contributed by atoms with E-state index in [2.05, 4.69) is 5.10 Å². The van der Waals surface area contributed by atoms with Crippen molar-refractivity contribution < 1.29 is 14.6 Å². The predicted molar refractivity (Wildman–Crippen MR) is 76.0 cm³/mol. The summed E-state index contributed by atoms with van der Waals surface area (Å²) >= 11 is 0. The molecule has 1 atom stereocenters. The van der Waals surface area contributed by atoms with E-state index in [1.807, 2.05) is 24.3 Å². The average molecular weight is 287 g/mol. The van der Waals surface area contributed by atoms with Crippen molar-refractivity contribution in [3.8, 4) is 5.75 Å². The molecule has 0 radical (unpaired) electrons. The third-order valence-electron chi connectivity index (χ3n) is 3.63. The zero-order valence-corrected chi connectivity index (χ0v) is 11.8. The molecule has 1 aliphatic heterocycles. The first-order valence-corrected chi connectivity index (χ1v) is 6.83. The lowest BCUT2D eigenvalue weighted by Crippen LogP contribution is -2.37. The van der Waals surface area contributed by atoms with Crippen molar-refractivity contribution in [3.05, 3.63) is 47.8 Å². The van der Waals surface area contributed by atoms with Crippen LogP contribution in [0.25, 0.3) is 0 Å². The van der Waals surface area contributed by atoms with Crippen molar-refractivity contribution in [1.29, 1.82) is 0 Å². The normalized spacial score (nSPS) is 17.8. The number of aryl methyl sites for hydroxylation is 1. The molecule has 1 amide bonds. The highest BCUT2D eigenvalue weighted by molar-refractivity contribution is 5.94. The number of aliphatic hydroxyl groups excluding tert-OH is 1. The Morgan fingerprint density at radius 1 is 1.48 bits per heavy atom. The average Bonchev–Trinajstić information content (AvgIpc) is 2.84. The summed E-state index contributed by atoms with van der Waals surface area (Å²) < 4.78 is 7.26. The monoisotopic (exact) mass is 287 g/mol. The molecule has 6 heteroatoms. The fourth-order valence-electron chi connectivity index (χ4n) is 2.60. The molecule has 1 N–H and O–H groups in total. The molecule has 1 aliphatic rings. The Bertz CT molecular complexity index is 653. The molecule has 0 fully saturated rings. The van der Waals surface area contributed by atoms with Gasteiger partial charge in [-0.05, 0) is 6.07 Å². The first-order chi connectivity index (χ1) is 10.2. The minimum absolute atomic E-state index is 0.146. The minimum Gasteiger partial charge on any atom is -0.491 e. The highest BCUT2D eigenvalue weighted by Crippen LogP contribution is 2.32. The number of carbonyl (C=O) groups is 1. The van der Waals surface area contributed by atoms with Crippen LogP contribution in [0.5, 0.6) is 5.75 Å². The lowest BCUT2D eigenvalue weighted by atomic mass is 10.0. The number of para-hydroxylation sites is 1. The molecule has 3 rings (SSSR count). The summed E-state index contributed by atoms with van der Waals surface area (Å²) in [7, 11) is 1.77. The maximum absolute atomic E-state index is 12.7. The standard InChI is InChI=1S/C15H17N3O3/c1-17-9-11(8-16-17)15(20)18-6-7-21-14-5-3-2-4-12(14)13(18)10-19/h2-5,8-9,13,19H,6-7,10H2,1H3. The van der Waals surface area contributed by atoms with Crippen molar-refractivity contribution in [2.45, 2.75) is 6.04 Å². The Morgan fingerprint density at radius 2 is 2.29 bits per heavy atom. The summed E-state index contributed by atoms with van der Waals surface area (Å²) in [5.41, 5.74) is 1.34. The molecular formula is C15H17N3O3. The topological polar surface area (TPSA) is 67.6 Å². The van der Waals surface area contributed by atoms with E-state index >= 15 is 0 Å². The van der Waals surface area contributed by atoms with Gasteiger partial charge in [0.05, 0.1) is 31.0 Å². The fourth-order valence-corrected chi connectivity index (χ4v) is 2.60. The van der Waals surface area contributed by atoms with Crippen LogP contribution in [0.2, 0.25) is 0 Å². The molecule has 2 heterocycles. The summed E-state index contributed by atoms with van der Waals surface area (Å²) in [5.74, 6) is 0.570. The van der Waals surface area contributed by atoms with Crippen molar-refractivity contribution in [2.75, 3.05) is 19.8 Å². The molecule has 0 bridgehead atoms. The van der Waals surface area contributed by atoms with Gasteiger partial charge in [0.2, 0.25) is 0 Å². The quantitative estimate of drug-likeness (QED) is 0.894. The third kappa shape index (κ3) is 2.50. The van der Waals surface area contributed by atoms with Crippen LogP contribution in [0.3, 0.4) is 0 Å². The first kappa shape index (κ1) is 13.6. The Labute approximate surface area is 122 Å². The van der Waals surface area contributed by atoms with Crippen LogP contribution in [0, 0.1) is 0 Å². The van der Waals surface area contributed by atoms with Crippen LogP contribution in [0.4, 0.5) is 0 Å². The van der Waals surface area contributed by atoms with Gasteiger partial charge in [-0.2, -0.15) is 5.10 Å². The summed E-state index contributed by atoms with van der Waals surface area (Å²) in [6.07, 6.45) is 3.21. The molecule has 1 aromatic carbocycles. The number of ether oxygens (including phenoxy) is 1. The second-order valence-electron chi connectivity index (χ2n) is 4.99. The Morgan fingerprint density at radius 3 is 3.00 bits per heavy atom. The molecule has 0 saturated carbocycles. The van der Waals surface area contributed by atoms with Crippen LogP contribution in [0.15, 0.2) is 36.7 Å². The number of aliphatic hydroxyl groups is 1. The van der Waals surface area contributed by atoms with Gasteiger partial charge in [0.25, 0.3) is 5.91 Å². The van der Waals surface area contributed by atoms with E-state index in [0.717, 1.165) is 11.3 Å². The number of benzene rings is 1. The van der Waals surface area contributed by atoms with Gasteiger partial charge in [-0.3, -0.25) is 9.48 Å². The van der Waals surface area contributed by atoms with E-state index in [9.17, 15) is 9.90 Å². The molecular weight excluding hydrogens is 270 g/mol. The van der Waals surface area contributed by atoms with Crippen LogP contribution in [-0.4, -0.2) is 45.5 Å². The van der Waals surface area contributed by atoms with E-state index in [0.29, 0.717) is 18.7 Å². The lowest BCUT2D eigenvalue weighted by Gasteiger charge is -2.28. The summed E-state index contributed by atoms with van der Waals surface area (Å²) in [6, 6.07) is 7.09.